The average molecular weight is 384 g/mol. The summed E-state index contributed by atoms with van der Waals surface area (Å²) in [5.74, 6) is 0.525. The fourth-order valence-electron chi connectivity index (χ4n) is 2.64. The molecule has 0 bridgehead atoms. The van der Waals surface area contributed by atoms with Crippen LogP contribution in [0.4, 0.5) is 5.69 Å². The van der Waals surface area contributed by atoms with Gasteiger partial charge >= 0.3 is 0 Å². The number of imidazole rings is 1. The second-order valence-corrected chi connectivity index (χ2v) is 6.02. The minimum atomic E-state index is -0.204. The van der Waals surface area contributed by atoms with Gasteiger partial charge in [0.05, 0.1) is 21.7 Å². The zero-order valence-corrected chi connectivity index (χ0v) is 15.1. The number of nitrogens with one attached hydrogen (secondary N) is 2. The van der Waals surface area contributed by atoms with Crippen LogP contribution in [0.2, 0.25) is 5.02 Å². The van der Waals surface area contributed by atoms with E-state index in [-0.39, 0.29) is 18.3 Å². The molecular weight excluding hydrogens is 369 g/mol. The molecule has 0 aliphatic heterocycles. The quantitative estimate of drug-likeness (QED) is 0.486. The molecule has 4 aromatic rings. The second kappa shape index (κ2) is 7.60. The van der Waals surface area contributed by atoms with Crippen LogP contribution in [0.15, 0.2) is 72.8 Å². The highest BCUT2D eigenvalue weighted by molar-refractivity contribution is 6.34. The lowest BCUT2D eigenvalue weighted by Gasteiger charge is -2.09. The molecule has 2 N–H and O–H groups in total. The highest BCUT2D eigenvalue weighted by Crippen LogP contribution is 2.29. The van der Waals surface area contributed by atoms with E-state index in [2.05, 4.69) is 15.3 Å². The van der Waals surface area contributed by atoms with Gasteiger partial charge in [-0.1, -0.05) is 41.9 Å². The van der Waals surface area contributed by atoms with E-state index in [4.69, 9.17) is 11.6 Å². The fourth-order valence-corrected chi connectivity index (χ4v) is 2.81. The zero-order chi connectivity index (χ0) is 17.2. The molecule has 0 aliphatic carbocycles. The molecule has 130 valence electrons. The molecule has 4 rings (SSSR count). The SMILES string of the molecule is Cl.O=C(Nc1cc(-c2nc3ccccc3[nH]2)ccc1Cl)c1ccccc1. The van der Waals surface area contributed by atoms with Crippen LogP contribution in [-0.4, -0.2) is 15.9 Å². The fraction of sp³-hybridized carbons (Fsp3) is 0. The number of carbonyl (C=O) groups excluding carboxylic acids is 1. The van der Waals surface area contributed by atoms with Crippen LogP contribution in [0.3, 0.4) is 0 Å². The monoisotopic (exact) mass is 383 g/mol. The molecule has 0 fully saturated rings. The molecule has 0 saturated heterocycles. The average Bonchev–Trinajstić information content (AvgIpc) is 3.08. The maximum atomic E-state index is 12.4. The smallest absolute Gasteiger partial charge is 0.255 e. The third-order valence-electron chi connectivity index (χ3n) is 3.91. The first-order chi connectivity index (χ1) is 12.2. The molecule has 1 heterocycles. The molecule has 3 aromatic carbocycles. The van der Waals surface area contributed by atoms with Crippen molar-refractivity contribution in [1.82, 2.24) is 9.97 Å². The summed E-state index contributed by atoms with van der Waals surface area (Å²) in [4.78, 5) is 20.2. The van der Waals surface area contributed by atoms with Crippen molar-refractivity contribution in [1.29, 1.82) is 0 Å². The highest BCUT2D eigenvalue weighted by atomic mass is 35.5. The van der Waals surface area contributed by atoms with E-state index in [1.165, 1.54) is 0 Å². The van der Waals surface area contributed by atoms with Crippen molar-refractivity contribution in [3.63, 3.8) is 0 Å². The van der Waals surface area contributed by atoms with E-state index in [0.29, 0.717) is 16.3 Å². The number of carbonyl (C=O) groups is 1. The zero-order valence-electron chi connectivity index (χ0n) is 13.6. The lowest BCUT2D eigenvalue weighted by Crippen LogP contribution is -2.12. The normalized spacial score (nSPS) is 10.3. The number of anilines is 1. The highest BCUT2D eigenvalue weighted by Gasteiger charge is 2.11. The Hall–Kier alpha value is -2.82. The Morgan fingerprint density at radius 3 is 2.46 bits per heavy atom. The summed E-state index contributed by atoms with van der Waals surface area (Å²) in [7, 11) is 0. The molecular formula is C20H15Cl2N3O. The Kier molecular flexibility index (Phi) is 5.26. The molecule has 26 heavy (non-hydrogen) atoms. The molecule has 0 spiro atoms. The van der Waals surface area contributed by atoms with Gasteiger partial charge < -0.3 is 10.3 Å². The minimum Gasteiger partial charge on any atom is -0.338 e. The van der Waals surface area contributed by atoms with Crippen molar-refractivity contribution in [3.05, 3.63) is 83.4 Å². The number of fused-ring (bicyclic) bond motifs is 1. The summed E-state index contributed by atoms with van der Waals surface area (Å²) in [5, 5.41) is 3.33. The number of halogens is 2. The summed E-state index contributed by atoms with van der Waals surface area (Å²) in [6.45, 7) is 0. The van der Waals surface area contributed by atoms with Crippen LogP contribution < -0.4 is 5.32 Å². The number of rotatable bonds is 3. The predicted octanol–water partition coefficient (Wildman–Crippen LogP) is 5.56. The van der Waals surface area contributed by atoms with E-state index in [9.17, 15) is 4.79 Å². The van der Waals surface area contributed by atoms with E-state index < -0.39 is 0 Å². The molecule has 0 saturated carbocycles. The maximum Gasteiger partial charge on any atom is 0.255 e. The summed E-state index contributed by atoms with van der Waals surface area (Å²) >= 11 is 6.25. The van der Waals surface area contributed by atoms with Gasteiger partial charge in [0.2, 0.25) is 0 Å². The standard InChI is InChI=1S/C20H14ClN3O.ClH/c21-15-11-10-14(19-22-16-8-4-5-9-17(16)23-19)12-18(15)24-20(25)13-6-2-1-3-7-13;/h1-12H,(H,22,23)(H,24,25);1H. The summed E-state index contributed by atoms with van der Waals surface area (Å²) < 4.78 is 0. The second-order valence-electron chi connectivity index (χ2n) is 5.62. The number of para-hydroxylation sites is 2. The van der Waals surface area contributed by atoms with E-state index in [0.717, 1.165) is 22.4 Å². The van der Waals surface area contributed by atoms with Crippen LogP contribution in [0.1, 0.15) is 10.4 Å². The number of nitrogens with zero attached hydrogens (tertiary/aromatic N) is 1. The summed E-state index contributed by atoms with van der Waals surface area (Å²) in [6.07, 6.45) is 0. The van der Waals surface area contributed by atoms with Gasteiger partial charge in [-0.2, -0.15) is 0 Å². The lowest BCUT2D eigenvalue weighted by molar-refractivity contribution is 0.102. The number of hydrogen-bond donors (Lipinski definition) is 2. The van der Waals surface area contributed by atoms with Crippen molar-refractivity contribution < 1.29 is 4.79 Å². The van der Waals surface area contributed by atoms with Crippen LogP contribution >= 0.6 is 24.0 Å². The molecule has 1 aromatic heterocycles. The number of benzene rings is 3. The van der Waals surface area contributed by atoms with E-state index >= 15 is 0 Å². The number of aromatic nitrogens is 2. The van der Waals surface area contributed by atoms with Gasteiger partial charge in [0.1, 0.15) is 5.82 Å². The van der Waals surface area contributed by atoms with Crippen LogP contribution in [0.25, 0.3) is 22.4 Å². The Morgan fingerprint density at radius 2 is 1.69 bits per heavy atom. The lowest BCUT2D eigenvalue weighted by atomic mass is 10.1. The molecule has 0 aliphatic rings. The van der Waals surface area contributed by atoms with Crippen molar-refractivity contribution in [2.45, 2.75) is 0 Å². The number of H-pyrrole nitrogens is 1. The molecule has 0 atom stereocenters. The molecule has 1 amide bonds. The molecule has 4 nitrogen and oxygen atoms in total. The minimum absolute atomic E-state index is 0. The number of amides is 1. The van der Waals surface area contributed by atoms with Gasteiger partial charge in [0, 0.05) is 11.1 Å². The van der Waals surface area contributed by atoms with E-state index in [1.54, 1.807) is 18.2 Å². The van der Waals surface area contributed by atoms with Crippen molar-refractivity contribution in [2.24, 2.45) is 0 Å². The maximum absolute atomic E-state index is 12.4. The van der Waals surface area contributed by atoms with Crippen LogP contribution in [-0.2, 0) is 0 Å². The summed E-state index contributed by atoms with van der Waals surface area (Å²) in [6, 6.07) is 22.3. The number of hydrogen-bond acceptors (Lipinski definition) is 2. The third kappa shape index (κ3) is 3.57. The predicted molar refractivity (Wildman–Crippen MR) is 108 cm³/mol. The van der Waals surface area contributed by atoms with Gasteiger partial charge in [-0.25, -0.2) is 4.98 Å². The Labute approximate surface area is 161 Å². The van der Waals surface area contributed by atoms with Crippen LogP contribution in [0, 0.1) is 0 Å². The van der Waals surface area contributed by atoms with Gasteiger partial charge in [-0.3, -0.25) is 4.79 Å². The van der Waals surface area contributed by atoms with E-state index in [1.807, 2.05) is 54.6 Å². The Bertz CT molecular complexity index is 1030. The van der Waals surface area contributed by atoms with Crippen molar-refractivity contribution >= 4 is 46.6 Å². The van der Waals surface area contributed by atoms with Crippen molar-refractivity contribution in [2.75, 3.05) is 5.32 Å². The van der Waals surface area contributed by atoms with Gasteiger partial charge in [-0.05, 0) is 42.5 Å². The van der Waals surface area contributed by atoms with Gasteiger partial charge in [0.15, 0.2) is 0 Å². The van der Waals surface area contributed by atoms with Gasteiger partial charge in [-0.15, -0.1) is 12.4 Å². The topological polar surface area (TPSA) is 57.8 Å². The van der Waals surface area contributed by atoms with Crippen molar-refractivity contribution in [3.8, 4) is 11.4 Å². The number of aromatic amines is 1. The first-order valence-electron chi connectivity index (χ1n) is 7.82. The molecule has 6 heteroatoms. The third-order valence-corrected chi connectivity index (χ3v) is 4.24. The largest absolute Gasteiger partial charge is 0.338 e. The first kappa shape index (κ1) is 18.0. The molecule has 0 radical (unpaired) electrons. The Balaban J connectivity index is 0.00000196. The summed E-state index contributed by atoms with van der Waals surface area (Å²) in [5.41, 5.74) is 3.83. The van der Waals surface area contributed by atoms with Gasteiger partial charge in [0.25, 0.3) is 5.91 Å². The molecule has 0 unspecified atom stereocenters. The Morgan fingerprint density at radius 1 is 0.962 bits per heavy atom. The van der Waals surface area contributed by atoms with Crippen LogP contribution in [0.5, 0.6) is 0 Å². The first-order valence-corrected chi connectivity index (χ1v) is 8.19.